The maximum absolute atomic E-state index is 11.7. The predicted molar refractivity (Wildman–Crippen MR) is 66.1 cm³/mol. The normalized spacial score (nSPS) is 16.3. The van der Waals surface area contributed by atoms with Crippen molar-refractivity contribution in [3.8, 4) is 0 Å². The minimum atomic E-state index is -0.223. The molecule has 2 rings (SSSR count). The van der Waals surface area contributed by atoms with E-state index in [0.29, 0.717) is 12.3 Å². The maximum atomic E-state index is 11.7. The number of hydrogen-bond donors (Lipinski definition) is 0. The molecule has 0 aromatic carbocycles. The largest absolute Gasteiger partial charge is 0.461 e. The van der Waals surface area contributed by atoms with Crippen molar-refractivity contribution in [3.63, 3.8) is 0 Å². The van der Waals surface area contributed by atoms with Gasteiger partial charge in [0.1, 0.15) is 5.69 Å². The molecule has 1 aromatic heterocycles. The van der Waals surface area contributed by atoms with Crippen LogP contribution in [0.1, 0.15) is 30.3 Å². The molecule has 0 unspecified atom stereocenters. The first-order valence-electron chi connectivity index (χ1n) is 6.36. The zero-order valence-electron chi connectivity index (χ0n) is 10.4. The molecule has 0 aliphatic carbocycles. The Morgan fingerprint density at radius 1 is 1.35 bits per heavy atom. The molecule has 2 heterocycles. The van der Waals surface area contributed by atoms with E-state index in [1.807, 2.05) is 29.8 Å². The Kier molecular flexibility index (Phi) is 4.20. The summed E-state index contributed by atoms with van der Waals surface area (Å²) < 4.78 is 7.01. The summed E-state index contributed by atoms with van der Waals surface area (Å²) in [7, 11) is 0. The van der Waals surface area contributed by atoms with Crippen molar-refractivity contribution in [2.45, 2.75) is 26.3 Å². The van der Waals surface area contributed by atoms with Gasteiger partial charge in [0.05, 0.1) is 6.61 Å². The van der Waals surface area contributed by atoms with Crippen LogP contribution in [0, 0.1) is 0 Å². The second-order valence-corrected chi connectivity index (χ2v) is 4.36. The van der Waals surface area contributed by atoms with Gasteiger partial charge in [-0.2, -0.15) is 0 Å². The second-order valence-electron chi connectivity index (χ2n) is 4.36. The van der Waals surface area contributed by atoms with Crippen LogP contribution < -0.4 is 0 Å². The average Bonchev–Trinajstić information content (AvgIpc) is 2.98. The zero-order chi connectivity index (χ0) is 12.1. The van der Waals surface area contributed by atoms with Crippen molar-refractivity contribution >= 4 is 5.97 Å². The van der Waals surface area contributed by atoms with Gasteiger partial charge < -0.3 is 14.2 Å². The predicted octanol–water partition coefficient (Wildman–Crippen LogP) is 1.76. The number of carbonyl (C=O) groups excluding carboxylic acids is 1. The lowest BCUT2D eigenvalue weighted by Crippen LogP contribution is -2.25. The number of nitrogens with zero attached hydrogens (tertiary/aromatic N) is 2. The monoisotopic (exact) mass is 236 g/mol. The fourth-order valence-corrected chi connectivity index (χ4v) is 2.25. The molecule has 0 spiro atoms. The summed E-state index contributed by atoms with van der Waals surface area (Å²) in [5, 5.41) is 0. The summed E-state index contributed by atoms with van der Waals surface area (Å²) in [5.74, 6) is -0.223. The smallest absolute Gasteiger partial charge is 0.354 e. The minimum Gasteiger partial charge on any atom is -0.461 e. The molecule has 0 saturated carbocycles. The lowest BCUT2D eigenvalue weighted by atomic mass is 10.4. The third-order valence-electron chi connectivity index (χ3n) is 3.17. The number of rotatable bonds is 5. The Morgan fingerprint density at radius 2 is 2.12 bits per heavy atom. The lowest BCUT2D eigenvalue weighted by molar-refractivity contribution is 0.0513. The van der Waals surface area contributed by atoms with Crippen LogP contribution in [-0.2, 0) is 11.3 Å². The van der Waals surface area contributed by atoms with Gasteiger partial charge in [0.15, 0.2) is 0 Å². The highest BCUT2D eigenvalue weighted by molar-refractivity contribution is 5.87. The number of aromatic nitrogens is 1. The Balaban J connectivity index is 1.91. The Bertz CT molecular complexity index is 367. The van der Waals surface area contributed by atoms with Crippen LogP contribution in [0.25, 0.3) is 0 Å². The van der Waals surface area contributed by atoms with Crippen LogP contribution >= 0.6 is 0 Å². The van der Waals surface area contributed by atoms with Crippen LogP contribution in [-0.4, -0.2) is 41.7 Å². The SMILES string of the molecule is CCOC(=O)c1cccn1CCN1CCCC1. The Labute approximate surface area is 102 Å². The van der Waals surface area contributed by atoms with E-state index in [1.165, 1.54) is 25.9 Å². The molecule has 0 bridgehead atoms. The first-order chi connectivity index (χ1) is 8.31. The molecule has 1 fully saturated rings. The fourth-order valence-electron chi connectivity index (χ4n) is 2.25. The van der Waals surface area contributed by atoms with E-state index in [1.54, 1.807) is 0 Å². The van der Waals surface area contributed by atoms with Crippen molar-refractivity contribution in [3.05, 3.63) is 24.0 Å². The van der Waals surface area contributed by atoms with E-state index in [4.69, 9.17) is 4.74 Å². The Hall–Kier alpha value is -1.29. The summed E-state index contributed by atoms with van der Waals surface area (Å²) in [6.07, 6.45) is 4.55. The van der Waals surface area contributed by atoms with Crippen molar-refractivity contribution in [1.29, 1.82) is 0 Å². The molecule has 4 heteroatoms. The first kappa shape index (κ1) is 12.2. The highest BCUT2D eigenvalue weighted by Gasteiger charge is 2.14. The highest BCUT2D eigenvalue weighted by atomic mass is 16.5. The lowest BCUT2D eigenvalue weighted by Gasteiger charge is -2.16. The van der Waals surface area contributed by atoms with Gasteiger partial charge in [-0.1, -0.05) is 0 Å². The molecule has 17 heavy (non-hydrogen) atoms. The van der Waals surface area contributed by atoms with E-state index >= 15 is 0 Å². The van der Waals surface area contributed by atoms with E-state index < -0.39 is 0 Å². The standard InChI is InChI=1S/C13H20N2O2/c1-2-17-13(16)12-6-5-9-15(12)11-10-14-7-3-4-8-14/h5-6,9H,2-4,7-8,10-11H2,1H3. The summed E-state index contributed by atoms with van der Waals surface area (Å²) >= 11 is 0. The maximum Gasteiger partial charge on any atom is 0.354 e. The number of carbonyl (C=O) groups is 1. The zero-order valence-corrected chi connectivity index (χ0v) is 10.4. The summed E-state index contributed by atoms with van der Waals surface area (Å²) in [4.78, 5) is 14.1. The van der Waals surface area contributed by atoms with Crippen molar-refractivity contribution in [1.82, 2.24) is 9.47 Å². The number of hydrogen-bond acceptors (Lipinski definition) is 3. The number of likely N-dealkylation sites (tertiary alicyclic amines) is 1. The summed E-state index contributed by atoms with van der Waals surface area (Å²) in [6.45, 7) is 6.51. The molecule has 4 nitrogen and oxygen atoms in total. The van der Waals surface area contributed by atoms with Gasteiger partial charge >= 0.3 is 5.97 Å². The first-order valence-corrected chi connectivity index (χ1v) is 6.36. The van der Waals surface area contributed by atoms with Gasteiger partial charge in [0.25, 0.3) is 0 Å². The topological polar surface area (TPSA) is 34.5 Å². The number of esters is 1. The van der Waals surface area contributed by atoms with Crippen molar-refractivity contribution in [2.24, 2.45) is 0 Å². The highest BCUT2D eigenvalue weighted by Crippen LogP contribution is 2.09. The fraction of sp³-hybridized carbons (Fsp3) is 0.615. The Morgan fingerprint density at radius 3 is 2.82 bits per heavy atom. The molecule has 0 amide bonds. The quantitative estimate of drug-likeness (QED) is 0.731. The molecule has 1 aliphatic rings. The van der Waals surface area contributed by atoms with Crippen LogP contribution in [0.15, 0.2) is 18.3 Å². The van der Waals surface area contributed by atoms with E-state index in [0.717, 1.165) is 13.1 Å². The van der Waals surface area contributed by atoms with Crippen LogP contribution in [0.5, 0.6) is 0 Å². The van der Waals surface area contributed by atoms with Crippen LogP contribution in [0.3, 0.4) is 0 Å². The van der Waals surface area contributed by atoms with E-state index in [-0.39, 0.29) is 5.97 Å². The van der Waals surface area contributed by atoms with Gasteiger partial charge in [-0.3, -0.25) is 0 Å². The van der Waals surface area contributed by atoms with Gasteiger partial charge in [0, 0.05) is 19.3 Å². The molecule has 1 aliphatic heterocycles. The summed E-state index contributed by atoms with van der Waals surface area (Å²) in [6, 6.07) is 3.72. The minimum absolute atomic E-state index is 0.223. The van der Waals surface area contributed by atoms with Gasteiger partial charge in [0.2, 0.25) is 0 Å². The molecular weight excluding hydrogens is 216 g/mol. The van der Waals surface area contributed by atoms with Crippen LogP contribution in [0.2, 0.25) is 0 Å². The molecule has 1 saturated heterocycles. The van der Waals surface area contributed by atoms with Gasteiger partial charge in [-0.05, 0) is 45.0 Å². The van der Waals surface area contributed by atoms with Gasteiger partial charge in [-0.25, -0.2) is 4.79 Å². The molecule has 0 atom stereocenters. The average molecular weight is 236 g/mol. The van der Waals surface area contributed by atoms with E-state index in [9.17, 15) is 4.79 Å². The summed E-state index contributed by atoms with van der Waals surface area (Å²) in [5.41, 5.74) is 0.658. The third-order valence-corrected chi connectivity index (χ3v) is 3.17. The molecule has 1 aromatic rings. The molecule has 94 valence electrons. The van der Waals surface area contributed by atoms with Crippen molar-refractivity contribution < 1.29 is 9.53 Å². The van der Waals surface area contributed by atoms with E-state index in [2.05, 4.69) is 4.90 Å². The van der Waals surface area contributed by atoms with Gasteiger partial charge in [-0.15, -0.1) is 0 Å². The number of ether oxygens (including phenoxy) is 1. The molecular formula is C13H20N2O2. The third kappa shape index (κ3) is 3.09. The molecule has 0 radical (unpaired) electrons. The van der Waals surface area contributed by atoms with Crippen molar-refractivity contribution in [2.75, 3.05) is 26.2 Å². The van der Waals surface area contributed by atoms with Crippen LogP contribution in [0.4, 0.5) is 0 Å². The second kappa shape index (κ2) is 5.87. The molecule has 0 N–H and O–H groups in total.